The minimum atomic E-state index is 0.00967. The summed E-state index contributed by atoms with van der Waals surface area (Å²) >= 11 is 0. The van der Waals surface area contributed by atoms with Crippen LogP contribution in [0.5, 0.6) is 0 Å². The third-order valence-corrected chi connectivity index (χ3v) is 4.11. The number of hydrogen-bond acceptors (Lipinski definition) is 3. The van der Waals surface area contributed by atoms with Crippen molar-refractivity contribution in [2.75, 3.05) is 18.5 Å². The number of para-hydroxylation sites is 1. The number of anilines is 1. The molecule has 0 saturated heterocycles. The number of aryl methyl sites for hydroxylation is 2. The summed E-state index contributed by atoms with van der Waals surface area (Å²) in [5.41, 5.74) is 4.40. The number of carbonyl (C=O) groups is 1. The van der Waals surface area contributed by atoms with Crippen LogP contribution < -0.4 is 4.90 Å². The number of aromatic amines is 1. The quantitative estimate of drug-likeness (QED) is 0.927. The Kier molecular flexibility index (Phi) is 3.30. The molecular formula is C16H19N3O. The van der Waals surface area contributed by atoms with Crippen molar-refractivity contribution in [3.8, 4) is 0 Å². The molecule has 2 heterocycles. The summed E-state index contributed by atoms with van der Waals surface area (Å²) in [5, 5.41) is 0. The first-order valence-electron chi connectivity index (χ1n) is 6.98. The standard InChI is InChI=1S/C16H19N3O/c1-11-14(18-10-17-11)7-8-16(20)13-9-19(2)15-6-4-3-5-12(13)15/h3-6,10,13H,7-9H2,1-2H3,(H,17,18). The van der Waals surface area contributed by atoms with E-state index in [2.05, 4.69) is 27.0 Å². The van der Waals surface area contributed by atoms with Gasteiger partial charge in [0.15, 0.2) is 0 Å². The number of likely N-dealkylation sites (N-methyl/N-ethyl adjacent to an activating group) is 1. The number of nitrogens with zero attached hydrogens (tertiary/aromatic N) is 2. The summed E-state index contributed by atoms with van der Waals surface area (Å²) in [5.74, 6) is 0.319. The maximum absolute atomic E-state index is 12.5. The number of imidazole rings is 1. The van der Waals surface area contributed by atoms with Gasteiger partial charge in [0.25, 0.3) is 0 Å². The molecule has 2 aromatic rings. The molecule has 1 aliphatic heterocycles. The predicted octanol–water partition coefficient (Wildman–Crippen LogP) is 2.45. The molecule has 0 bridgehead atoms. The summed E-state index contributed by atoms with van der Waals surface area (Å²) < 4.78 is 0. The SMILES string of the molecule is Cc1[nH]cnc1CCC(=O)C1CN(C)c2ccccc21. The average Bonchev–Trinajstić information content (AvgIpc) is 3.01. The van der Waals surface area contributed by atoms with E-state index in [1.807, 2.05) is 26.1 Å². The smallest absolute Gasteiger partial charge is 0.142 e. The summed E-state index contributed by atoms with van der Waals surface area (Å²) in [7, 11) is 2.05. The number of nitrogens with one attached hydrogen (secondary N) is 1. The minimum Gasteiger partial charge on any atom is -0.373 e. The lowest BCUT2D eigenvalue weighted by molar-refractivity contribution is -0.120. The molecule has 0 radical (unpaired) electrons. The number of benzene rings is 1. The molecule has 0 amide bonds. The van der Waals surface area contributed by atoms with E-state index in [0.29, 0.717) is 12.2 Å². The van der Waals surface area contributed by atoms with Crippen molar-refractivity contribution in [3.05, 3.63) is 47.5 Å². The highest BCUT2D eigenvalue weighted by molar-refractivity contribution is 5.90. The predicted molar refractivity (Wildman–Crippen MR) is 79.1 cm³/mol. The van der Waals surface area contributed by atoms with Gasteiger partial charge in [0.1, 0.15) is 5.78 Å². The van der Waals surface area contributed by atoms with E-state index < -0.39 is 0 Å². The molecule has 3 rings (SSSR count). The lowest BCUT2D eigenvalue weighted by Crippen LogP contribution is -2.20. The zero-order valence-electron chi connectivity index (χ0n) is 11.9. The Morgan fingerprint density at radius 1 is 1.45 bits per heavy atom. The van der Waals surface area contributed by atoms with Gasteiger partial charge >= 0.3 is 0 Å². The van der Waals surface area contributed by atoms with Crippen molar-refractivity contribution in [2.45, 2.75) is 25.7 Å². The van der Waals surface area contributed by atoms with Crippen LogP contribution in [0.1, 0.15) is 29.3 Å². The van der Waals surface area contributed by atoms with Gasteiger partial charge < -0.3 is 9.88 Å². The van der Waals surface area contributed by atoms with Gasteiger partial charge in [-0.15, -0.1) is 0 Å². The molecule has 4 heteroatoms. The first kappa shape index (κ1) is 12.9. The van der Waals surface area contributed by atoms with Crippen LogP contribution >= 0.6 is 0 Å². The van der Waals surface area contributed by atoms with E-state index in [0.717, 1.165) is 24.4 Å². The number of carbonyl (C=O) groups excluding carboxylic acids is 1. The van der Waals surface area contributed by atoms with Gasteiger partial charge in [-0.05, 0) is 25.0 Å². The van der Waals surface area contributed by atoms with Crippen LogP contribution in [0.2, 0.25) is 0 Å². The fraction of sp³-hybridized carbons (Fsp3) is 0.375. The molecule has 1 N–H and O–H groups in total. The first-order valence-corrected chi connectivity index (χ1v) is 6.98. The van der Waals surface area contributed by atoms with Gasteiger partial charge in [0.2, 0.25) is 0 Å². The van der Waals surface area contributed by atoms with Crippen molar-refractivity contribution in [1.82, 2.24) is 9.97 Å². The minimum absolute atomic E-state index is 0.00967. The van der Waals surface area contributed by atoms with Crippen molar-refractivity contribution in [2.24, 2.45) is 0 Å². The molecule has 1 aromatic heterocycles. The maximum Gasteiger partial charge on any atom is 0.142 e. The Morgan fingerprint density at radius 2 is 2.25 bits per heavy atom. The highest BCUT2D eigenvalue weighted by Crippen LogP contribution is 2.36. The van der Waals surface area contributed by atoms with E-state index in [4.69, 9.17) is 0 Å². The van der Waals surface area contributed by atoms with Crippen LogP contribution in [-0.2, 0) is 11.2 Å². The molecule has 0 spiro atoms. The number of H-pyrrole nitrogens is 1. The molecule has 0 aliphatic carbocycles. The average molecular weight is 269 g/mol. The Hall–Kier alpha value is -2.10. The Labute approximate surface area is 118 Å². The number of Topliss-reactive ketones (excluding diaryl/α,β-unsaturated/α-hetero) is 1. The van der Waals surface area contributed by atoms with E-state index in [1.165, 1.54) is 11.3 Å². The van der Waals surface area contributed by atoms with E-state index in [-0.39, 0.29) is 5.92 Å². The van der Waals surface area contributed by atoms with E-state index in [1.54, 1.807) is 6.33 Å². The number of ketones is 1. The molecule has 20 heavy (non-hydrogen) atoms. The summed E-state index contributed by atoms with van der Waals surface area (Å²) in [6.07, 6.45) is 2.96. The normalized spacial score (nSPS) is 17.3. The van der Waals surface area contributed by atoms with E-state index >= 15 is 0 Å². The molecule has 0 saturated carbocycles. The second-order valence-corrected chi connectivity index (χ2v) is 5.43. The van der Waals surface area contributed by atoms with Crippen molar-refractivity contribution >= 4 is 11.5 Å². The van der Waals surface area contributed by atoms with Gasteiger partial charge in [-0.1, -0.05) is 18.2 Å². The second kappa shape index (κ2) is 5.12. The highest BCUT2D eigenvalue weighted by Gasteiger charge is 2.30. The molecule has 104 valence electrons. The van der Waals surface area contributed by atoms with Crippen LogP contribution in [0.25, 0.3) is 0 Å². The lowest BCUT2D eigenvalue weighted by atomic mass is 9.93. The van der Waals surface area contributed by atoms with Crippen molar-refractivity contribution in [3.63, 3.8) is 0 Å². The van der Waals surface area contributed by atoms with Crippen LogP contribution in [-0.4, -0.2) is 29.3 Å². The Bertz CT molecular complexity index is 632. The van der Waals surface area contributed by atoms with Gasteiger partial charge in [-0.2, -0.15) is 0 Å². The molecule has 1 unspecified atom stereocenters. The highest BCUT2D eigenvalue weighted by atomic mass is 16.1. The second-order valence-electron chi connectivity index (χ2n) is 5.43. The van der Waals surface area contributed by atoms with E-state index in [9.17, 15) is 4.79 Å². The lowest BCUT2D eigenvalue weighted by Gasteiger charge is -2.12. The molecule has 4 nitrogen and oxygen atoms in total. The van der Waals surface area contributed by atoms with Crippen LogP contribution in [0.15, 0.2) is 30.6 Å². The van der Waals surface area contributed by atoms with Gasteiger partial charge in [0.05, 0.1) is 17.9 Å². The fourth-order valence-corrected chi connectivity index (χ4v) is 2.93. The van der Waals surface area contributed by atoms with Crippen molar-refractivity contribution < 1.29 is 4.79 Å². The Balaban J connectivity index is 1.71. The van der Waals surface area contributed by atoms with Crippen LogP contribution in [0, 0.1) is 6.92 Å². The van der Waals surface area contributed by atoms with Gasteiger partial charge in [0, 0.05) is 31.4 Å². The third kappa shape index (κ3) is 2.22. The number of fused-ring (bicyclic) bond motifs is 1. The molecule has 1 aromatic carbocycles. The first-order chi connectivity index (χ1) is 9.66. The van der Waals surface area contributed by atoms with Gasteiger partial charge in [-0.25, -0.2) is 4.98 Å². The summed E-state index contributed by atoms with van der Waals surface area (Å²) in [4.78, 5) is 22.0. The zero-order valence-corrected chi connectivity index (χ0v) is 11.9. The molecular weight excluding hydrogens is 250 g/mol. The fourth-order valence-electron chi connectivity index (χ4n) is 2.93. The summed E-state index contributed by atoms with van der Waals surface area (Å²) in [6.45, 7) is 2.78. The van der Waals surface area contributed by atoms with Crippen molar-refractivity contribution in [1.29, 1.82) is 0 Å². The maximum atomic E-state index is 12.5. The zero-order chi connectivity index (χ0) is 14.1. The Morgan fingerprint density at radius 3 is 3.00 bits per heavy atom. The molecule has 1 aliphatic rings. The topological polar surface area (TPSA) is 49.0 Å². The number of hydrogen-bond donors (Lipinski definition) is 1. The van der Waals surface area contributed by atoms with Crippen LogP contribution in [0.3, 0.4) is 0 Å². The summed E-state index contributed by atoms with van der Waals surface area (Å²) in [6, 6.07) is 8.19. The third-order valence-electron chi connectivity index (χ3n) is 4.11. The van der Waals surface area contributed by atoms with Gasteiger partial charge in [-0.3, -0.25) is 4.79 Å². The number of rotatable bonds is 4. The monoisotopic (exact) mass is 269 g/mol. The molecule has 0 fully saturated rings. The molecule has 1 atom stereocenters. The van der Waals surface area contributed by atoms with Crippen LogP contribution in [0.4, 0.5) is 5.69 Å². The largest absolute Gasteiger partial charge is 0.373 e. The number of aromatic nitrogens is 2.